The Bertz CT molecular complexity index is 513. The van der Waals surface area contributed by atoms with Crippen molar-refractivity contribution in [3.05, 3.63) is 33.8 Å². The number of alkyl carbamates (subject to hydrolysis) is 1. The number of carbonyl (C=O) groups excluding carboxylic acids is 1. The van der Waals surface area contributed by atoms with E-state index < -0.39 is 18.1 Å². The van der Waals surface area contributed by atoms with Gasteiger partial charge >= 0.3 is 12.1 Å². The zero-order valence-corrected chi connectivity index (χ0v) is 13.6. The normalized spacial score (nSPS) is 11.8. The lowest BCUT2D eigenvalue weighted by molar-refractivity contribution is -0.139. The maximum Gasteiger partial charge on any atom is 0.408 e. The molecule has 2 N–H and O–H groups in total. The number of amides is 1. The second kappa shape index (κ2) is 9.02. The van der Waals surface area contributed by atoms with Gasteiger partial charge in [-0.3, -0.25) is 0 Å². The number of ether oxygens (including phenoxy) is 1. The summed E-state index contributed by atoms with van der Waals surface area (Å²) in [7, 11) is 0. The molecule has 5 nitrogen and oxygen atoms in total. The predicted molar refractivity (Wildman–Crippen MR) is 84.2 cm³/mol. The molecule has 21 heavy (non-hydrogen) atoms. The van der Waals surface area contributed by atoms with Crippen molar-refractivity contribution in [1.29, 1.82) is 0 Å². The minimum atomic E-state index is -1.09. The molecule has 1 aromatic carbocycles. The average Bonchev–Trinajstić information content (AvgIpc) is 2.42. The van der Waals surface area contributed by atoms with Gasteiger partial charge in [0.15, 0.2) is 0 Å². The molecule has 0 saturated carbocycles. The second-order valence-corrected chi connectivity index (χ2v) is 5.96. The van der Waals surface area contributed by atoms with E-state index in [4.69, 9.17) is 33.0 Å². The highest BCUT2D eigenvalue weighted by molar-refractivity contribution is 7.98. The molecule has 0 bridgehead atoms. The van der Waals surface area contributed by atoms with E-state index in [1.807, 2.05) is 6.26 Å². The smallest absolute Gasteiger partial charge is 0.408 e. The van der Waals surface area contributed by atoms with E-state index in [-0.39, 0.29) is 6.61 Å². The maximum absolute atomic E-state index is 11.6. The van der Waals surface area contributed by atoms with Crippen molar-refractivity contribution in [3.63, 3.8) is 0 Å². The molecule has 0 unspecified atom stereocenters. The van der Waals surface area contributed by atoms with Crippen LogP contribution in [0.4, 0.5) is 4.79 Å². The Morgan fingerprint density at radius 2 is 2.14 bits per heavy atom. The summed E-state index contributed by atoms with van der Waals surface area (Å²) in [5, 5.41) is 12.2. The highest BCUT2D eigenvalue weighted by Gasteiger charge is 2.20. The summed E-state index contributed by atoms with van der Waals surface area (Å²) in [5.74, 6) is -0.467. The van der Waals surface area contributed by atoms with Gasteiger partial charge in [0, 0.05) is 15.6 Å². The van der Waals surface area contributed by atoms with Crippen LogP contribution in [0.15, 0.2) is 18.2 Å². The van der Waals surface area contributed by atoms with Gasteiger partial charge in [-0.15, -0.1) is 0 Å². The van der Waals surface area contributed by atoms with Crippen molar-refractivity contribution in [2.75, 3.05) is 12.0 Å². The summed E-state index contributed by atoms with van der Waals surface area (Å²) >= 11 is 13.2. The molecule has 8 heteroatoms. The zero-order valence-electron chi connectivity index (χ0n) is 11.3. The lowest BCUT2D eigenvalue weighted by Crippen LogP contribution is -2.41. The highest BCUT2D eigenvalue weighted by atomic mass is 35.5. The van der Waals surface area contributed by atoms with E-state index in [0.717, 1.165) is 0 Å². The van der Waals surface area contributed by atoms with Gasteiger partial charge in [-0.05, 0) is 30.6 Å². The molecule has 0 aliphatic rings. The molecule has 0 aliphatic carbocycles. The highest BCUT2D eigenvalue weighted by Crippen LogP contribution is 2.21. The molecule has 1 atom stereocenters. The molecule has 0 fully saturated rings. The van der Waals surface area contributed by atoms with E-state index in [1.165, 1.54) is 17.8 Å². The van der Waals surface area contributed by atoms with Crippen LogP contribution in [0.3, 0.4) is 0 Å². The molecule has 0 saturated heterocycles. The average molecular weight is 352 g/mol. The molecule has 0 radical (unpaired) electrons. The van der Waals surface area contributed by atoms with E-state index >= 15 is 0 Å². The zero-order chi connectivity index (χ0) is 15.8. The van der Waals surface area contributed by atoms with Crippen molar-refractivity contribution in [2.45, 2.75) is 19.1 Å². The van der Waals surface area contributed by atoms with Gasteiger partial charge in [0.25, 0.3) is 0 Å². The first-order valence-electron chi connectivity index (χ1n) is 6.03. The number of nitrogens with one attached hydrogen (secondary N) is 1. The van der Waals surface area contributed by atoms with Crippen LogP contribution in [-0.2, 0) is 16.1 Å². The lowest BCUT2D eigenvalue weighted by atomic mass is 10.2. The molecular formula is C13H15Cl2NO4S. The first-order chi connectivity index (χ1) is 9.93. The largest absolute Gasteiger partial charge is 0.480 e. The summed E-state index contributed by atoms with van der Waals surface area (Å²) in [5.41, 5.74) is 0.590. The van der Waals surface area contributed by atoms with Gasteiger partial charge < -0.3 is 15.2 Å². The number of benzene rings is 1. The number of halogens is 2. The molecule has 1 aromatic rings. The van der Waals surface area contributed by atoms with Crippen LogP contribution in [0, 0.1) is 0 Å². The SMILES string of the molecule is CSCC[C@H](NC(=O)OCc1ccc(Cl)cc1Cl)C(=O)O. The summed E-state index contributed by atoms with van der Waals surface area (Å²) in [6.45, 7) is -0.0588. The van der Waals surface area contributed by atoms with E-state index in [1.54, 1.807) is 12.1 Å². The molecule has 0 spiro atoms. The summed E-state index contributed by atoms with van der Waals surface area (Å²) in [4.78, 5) is 22.6. The fourth-order valence-corrected chi connectivity index (χ4v) is 2.39. The Hall–Kier alpha value is -1.11. The minimum absolute atomic E-state index is 0.0588. The standard InChI is InChI=1S/C13H15Cl2NO4S/c1-21-5-4-11(12(17)18)16-13(19)20-7-8-2-3-9(14)6-10(8)15/h2-3,6,11H,4-5,7H2,1H3,(H,16,19)(H,17,18)/t11-/m0/s1. The topological polar surface area (TPSA) is 75.6 Å². The molecule has 0 aromatic heterocycles. The monoisotopic (exact) mass is 351 g/mol. The van der Waals surface area contributed by atoms with Crippen LogP contribution in [-0.4, -0.2) is 35.2 Å². The van der Waals surface area contributed by atoms with Crippen molar-refractivity contribution in [1.82, 2.24) is 5.32 Å². The Kier molecular flexibility index (Phi) is 7.71. The Balaban J connectivity index is 2.50. The Labute approximate surface area is 136 Å². The van der Waals surface area contributed by atoms with Gasteiger partial charge in [-0.1, -0.05) is 29.3 Å². The Morgan fingerprint density at radius 1 is 1.43 bits per heavy atom. The fourth-order valence-electron chi connectivity index (χ4n) is 1.46. The quantitative estimate of drug-likeness (QED) is 0.786. The molecular weight excluding hydrogens is 337 g/mol. The third-order valence-electron chi connectivity index (χ3n) is 2.57. The number of rotatable bonds is 7. The van der Waals surface area contributed by atoms with Gasteiger partial charge in [-0.2, -0.15) is 11.8 Å². The van der Waals surface area contributed by atoms with Crippen molar-refractivity contribution >= 4 is 47.0 Å². The van der Waals surface area contributed by atoms with Crippen LogP contribution in [0.25, 0.3) is 0 Å². The number of hydrogen-bond acceptors (Lipinski definition) is 4. The number of thioether (sulfide) groups is 1. The number of carboxylic acids is 1. The van der Waals surface area contributed by atoms with Crippen LogP contribution >= 0.6 is 35.0 Å². The van der Waals surface area contributed by atoms with Crippen LogP contribution in [0.5, 0.6) is 0 Å². The lowest BCUT2D eigenvalue weighted by Gasteiger charge is -2.14. The predicted octanol–water partition coefficient (Wildman–Crippen LogP) is 3.43. The Morgan fingerprint density at radius 3 is 2.71 bits per heavy atom. The third-order valence-corrected chi connectivity index (χ3v) is 3.81. The maximum atomic E-state index is 11.6. The number of carboxylic acid groups (broad SMARTS) is 1. The first-order valence-corrected chi connectivity index (χ1v) is 8.18. The van der Waals surface area contributed by atoms with E-state index in [9.17, 15) is 9.59 Å². The summed E-state index contributed by atoms with van der Waals surface area (Å²) in [6, 6.07) is 3.84. The molecule has 1 rings (SSSR count). The van der Waals surface area contributed by atoms with Crippen LogP contribution in [0.1, 0.15) is 12.0 Å². The molecule has 0 aliphatic heterocycles. The van der Waals surface area contributed by atoms with Gasteiger partial charge in [-0.25, -0.2) is 9.59 Å². The van der Waals surface area contributed by atoms with Crippen LogP contribution < -0.4 is 5.32 Å². The summed E-state index contributed by atoms with van der Waals surface area (Å²) in [6.07, 6.45) is 1.39. The van der Waals surface area contributed by atoms with Crippen molar-refractivity contribution in [2.24, 2.45) is 0 Å². The number of hydrogen-bond donors (Lipinski definition) is 2. The van der Waals surface area contributed by atoms with Gasteiger partial charge in [0.2, 0.25) is 0 Å². The van der Waals surface area contributed by atoms with E-state index in [0.29, 0.717) is 27.8 Å². The molecule has 0 heterocycles. The van der Waals surface area contributed by atoms with Crippen molar-refractivity contribution < 1.29 is 19.4 Å². The third kappa shape index (κ3) is 6.46. The molecule has 116 valence electrons. The first kappa shape index (κ1) is 17.9. The number of aliphatic carboxylic acids is 1. The van der Waals surface area contributed by atoms with E-state index in [2.05, 4.69) is 5.32 Å². The number of carbonyl (C=O) groups is 2. The van der Waals surface area contributed by atoms with Crippen LogP contribution in [0.2, 0.25) is 10.0 Å². The fraction of sp³-hybridized carbons (Fsp3) is 0.385. The molecule has 1 amide bonds. The van der Waals surface area contributed by atoms with Crippen molar-refractivity contribution in [3.8, 4) is 0 Å². The van der Waals surface area contributed by atoms with Gasteiger partial charge in [0.05, 0.1) is 0 Å². The summed E-state index contributed by atoms with van der Waals surface area (Å²) < 4.78 is 4.96. The minimum Gasteiger partial charge on any atom is -0.480 e. The second-order valence-electron chi connectivity index (χ2n) is 4.13. The van der Waals surface area contributed by atoms with Gasteiger partial charge in [0.1, 0.15) is 12.6 Å².